The van der Waals surface area contributed by atoms with Crippen LogP contribution in [0.25, 0.3) is 0 Å². The van der Waals surface area contributed by atoms with Gasteiger partial charge in [0.1, 0.15) is 0 Å². The van der Waals surface area contributed by atoms with Crippen LogP contribution in [0.3, 0.4) is 0 Å². The van der Waals surface area contributed by atoms with Crippen LogP contribution in [-0.2, 0) is 12.8 Å². The van der Waals surface area contributed by atoms with Gasteiger partial charge in [0.2, 0.25) is 0 Å². The molecular weight excluding hydrogens is 242 g/mol. The minimum Gasteiger partial charge on any atom is -0.327 e. The maximum Gasteiger partial charge on any atom is 0.0438 e. The SMILES string of the molecule is NC(CCc1ccccc1)Cc1ccccc1Cl. The summed E-state index contributed by atoms with van der Waals surface area (Å²) < 4.78 is 0. The Morgan fingerprint density at radius 1 is 0.944 bits per heavy atom. The summed E-state index contributed by atoms with van der Waals surface area (Å²) in [7, 11) is 0. The van der Waals surface area contributed by atoms with E-state index in [0.717, 1.165) is 29.8 Å². The van der Waals surface area contributed by atoms with Crippen molar-refractivity contribution in [2.45, 2.75) is 25.3 Å². The van der Waals surface area contributed by atoms with Crippen LogP contribution in [0.2, 0.25) is 5.02 Å². The van der Waals surface area contributed by atoms with Crippen molar-refractivity contribution in [3.8, 4) is 0 Å². The van der Waals surface area contributed by atoms with E-state index in [4.69, 9.17) is 17.3 Å². The third-order valence-electron chi connectivity index (χ3n) is 3.09. The Balaban J connectivity index is 1.86. The van der Waals surface area contributed by atoms with Crippen molar-refractivity contribution in [1.82, 2.24) is 0 Å². The number of nitrogens with two attached hydrogens (primary N) is 1. The average molecular weight is 260 g/mol. The van der Waals surface area contributed by atoms with E-state index in [1.807, 2.05) is 30.3 Å². The topological polar surface area (TPSA) is 26.0 Å². The van der Waals surface area contributed by atoms with Gasteiger partial charge in [-0.05, 0) is 36.5 Å². The monoisotopic (exact) mass is 259 g/mol. The van der Waals surface area contributed by atoms with Gasteiger partial charge in [-0.3, -0.25) is 0 Å². The first-order valence-electron chi connectivity index (χ1n) is 6.28. The van der Waals surface area contributed by atoms with Gasteiger partial charge in [-0.15, -0.1) is 0 Å². The van der Waals surface area contributed by atoms with Crippen molar-refractivity contribution in [1.29, 1.82) is 0 Å². The van der Waals surface area contributed by atoms with E-state index < -0.39 is 0 Å². The summed E-state index contributed by atoms with van der Waals surface area (Å²) in [5, 5.41) is 0.813. The van der Waals surface area contributed by atoms with E-state index in [9.17, 15) is 0 Å². The molecule has 2 aromatic rings. The van der Waals surface area contributed by atoms with Gasteiger partial charge >= 0.3 is 0 Å². The summed E-state index contributed by atoms with van der Waals surface area (Å²) in [6, 6.07) is 18.5. The molecule has 1 atom stereocenters. The van der Waals surface area contributed by atoms with Crippen molar-refractivity contribution >= 4 is 11.6 Å². The third-order valence-corrected chi connectivity index (χ3v) is 3.46. The largest absolute Gasteiger partial charge is 0.327 e. The molecule has 0 aliphatic carbocycles. The van der Waals surface area contributed by atoms with Crippen LogP contribution < -0.4 is 5.73 Å². The maximum absolute atomic E-state index is 6.16. The lowest BCUT2D eigenvalue weighted by atomic mass is 10.00. The highest BCUT2D eigenvalue weighted by atomic mass is 35.5. The highest BCUT2D eigenvalue weighted by molar-refractivity contribution is 6.31. The van der Waals surface area contributed by atoms with E-state index in [0.29, 0.717) is 0 Å². The summed E-state index contributed by atoms with van der Waals surface area (Å²) >= 11 is 6.13. The highest BCUT2D eigenvalue weighted by Crippen LogP contribution is 2.17. The zero-order chi connectivity index (χ0) is 12.8. The number of benzene rings is 2. The molecular formula is C16H18ClN. The smallest absolute Gasteiger partial charge is 0.0438 e. The fraction of sp³-hybridized carbons (Fsp3) is 0.250. The molecule has 0 radical (unpaired) electrons. The molecule has 0 heterocycles. The summed E-state index contributed by atoms with van der Waals surface area (Å²) in [4.78, 5) is 0. The molecule has 0 aliphatic rings. The van der Waals surface area contributed by atoms with Gasteiger partial charge < -0.3 is 5.73 Å². The fourth-order valence-corrected chi connectivity index (χ4v) is 2.26. The molecule has 0 saturated heterocycles. The molecule has 18 heavy (non-hydrogen) atoms. The molecule has 2 aromatic carbocycles. The first kappa shape index (κ1) is 13.1. The van der Waals surface area contributed by atoms with Crippen molar-refractivity contribution < 1.29 is 0 Å². The van der Waals surface area contributed by atoms with Crippen LogP contribution in [0.1, 0.15) is 17.5 Å². The first-order chi connectivity index (χ1) is 8.75. The lowest BCUT2D eigenvalue weighted by molar-refractivity contribution is 0.610. The molecule has 0 bridgehead atoms. The van der Waals surface area contributed by atoms with Gasteiger partial charge in [-0.25, -0.2) is 0 Å². The normalized spacial score (nSPS) is 12.3. The molecule has 0 amide bonds. The zero-order valence-electron chi connectivity index (χ0n) is 10.4. The zero-order valence-corrected chi connectivity index (χ0v) is 11.1. The number of halogens is 1. The van der Waals surface area contributed by atoms with Crippen LogP contribution in [-0.4, -0.2) is 6.04 Å². The van der Waals surface area contributed by atoms with Crippen LogP contribution in [0.15, 0.2) is 54.6 Å². The number of hydrogen-bond acceptors (Lipinski definition) is 1. The molecule has 0 saturated carbocycles. The van der Waals surface area contributed by atoms with Gasteiger partial charge in [0.05, 0.1) is 0 Å². The number of rotatable bonds is 5. The number of hydrogen-bond donors (Lipinski definition) is 1. The molecule has 1 unspecified atom stereocenters. The molecule has 94 valence electrons. The van der Waals surface area contributed by atoms with Gasteiger partial charge in [0.25, 0.3) is 0 Å². The predicted octanol–water partition coefficient (Wildman–Crippen LogP) is 3.84. The van der Waals surface area contributed by atoms with Crippen molar-refractivity contribution in [2.75, 3.05) is 0 Å². The van der Waals surface area contributed by atoms with Gasteiger partial charge in [0.15, 0.2) is 0 Å². The van der Waals surface area contributed by atoms with Crippen LogP contribution in [0, 0.1) is 0 Å². The second kappa shape index (κ2) is 6.58. The summed E-state index contributed by atoms with van der Waals surface area (Å²) in [5.74, 6) is 0. The van der Waals surface area contributed by atoms with E-state index in [1.54, 1.807) is 0 Å². The molecule has 0 aliphatic heterocycles. The Kier molecular flexibility index (Phi) is 4.80. The van der Waals surface area contributed by atoms with E-state index in [-0.39, 0.29) is 6.04 Å². The van der Waals surface area contributed by atoms with Crippen molar-refractivity contribution in [3.63, 3.8) is 0 Å². The molecule has 2 N–H and O–H groups in total. The lowest BCUT2D eigenvalue weighted by Crippen LogP contribution is -2.23. The molecule has 0 spiro atoms. The van der Waals surface area contributed by atoms with Gasteiger partial charge in [-0.2, -0.15) is 0 Å². The number of aryl methyl sites for hydroxylation is 1. The highest BCUT2D eigenvalue weighted by Gasteiger charge is 2.07. The van der Waals surface area contributed by atoms with Crippen LogP contribution in [0.5, 0.6) is 0 Å². The van der Waals surface area contributed by atoms with Crippen LogP contribution in [0.4, 0.5) is 0 Å². The van der Waals surface area contributed by atoms with Crippen LogP contribution >= 0.6 is 11.6 Å². The summed E-state index contributed by atoms with van der Waals surface area (Å²) in [6.07, 6.45) is 2.84. The molecule has 2 rings (SSSR count). The second-order valence-electron chi connectivity index (χ2n) is 4.58. The van der Waals surface area contributed by atoms with Crippen molar-refractivity contribution in [2.24, 2.45) is 5.73 Å². The standard InChI is InChI=1S/C16H18ClN/c17-16-9-5-4-8-14(16)12-15(18)11-10-13-6-2-1-3-7-13/h1-9,15H,10-12,18H2. The van der Waals surface area contributed by atoms with E-state index >= 15 is 0 Å². The Labute approximate surface area is 114 Å². The molecule has 2 heteroatoms. The fourth-order valence-electron chi connectivity index (χ4n) is 2.05. The van der Waals surface area contributed by atoms with Gasteiger partial charge in [0, 0.05) is 11.1 Å². The second-order valence-corrected chi connectivity index (χ2v) is 4.99. The molecule has 0 aromatic heterocycles. The molecule has 0 fully saturated rings. The minimum absolute atomic E-state index is 0.158. The van der Waals surface area contributed by atoms with Gasteiger partial charge in [-0.1, -0.05) is 60.1 Å². The van der Waals surface area contributed by atoms with Crippen molar-refractivity contribution in [3.05, 3.63) is 70.7 Å². The molecule has 1 nitrogen and oxygen atoms in total. The Morgan fingerprint density at radius 2 is 1.61 bits per heavy atom. The predicted molar refractivity (Wildman–Crippen MR) is 77.9 cm³/mol. The third kappa shape index (κ3) is 3.86. The average Bonchev–Trinajstić information content (AvgIpc) is 2.40. The summed E-state index contributed by atoms with van der Waals surface area (Å²) in [5.41, 5.74) is 8.64. The Morgan fingerprint density at radius 3 is 2.33 bits per heavy atom. The Hall–Kier alpha value is -1.31. The maximum atomic E-state index is 6.16. The first-order valence-corrected chi connectivity index (χ1v) is 6.66. The van der Waals surface area contributed by atoms with E-state index in [1.165, 1.54) is 5.56 Å². The van der Waals surface area contributed by atoms with E-state index in [2.05, 4.69) is 24.3 Å². The lowest BCUT2D eigenvalue weighted by Gasteiger charge is -2.12. The Bertz CT molecular complexity index is 481. The summed E-state index contributed by atoms with van der Waals surface area (Å²) in [6.45, 7) is 0. The quantitative estimate of drug-likeness (QED) is 0.867. The minimum atomic E-state index is 0.158.